The van der Waals surface area contributed by atoms with Gasteiger partial charge in [-0.15, -0.1) is 0 Å². The molecule has 3 aromatic rings. The molecule has 0 spiro atoms. The van der Waals surface area contributed by atoms with Crippen molar-refractivity contribution in [3.63, 3.8) is 0 Å². The van der Waals surface area contributed by atoms with Crippen LogP contribution >= 0.6 is 23.2 Å². The Morgan fingerprint density at radius 2 is 1.96 bits per heavy atom. The third kappa shape index (κ3) is 3.08. The molecule has 1 aliphatic rings. The Kier molecular flexibility index (Phi) is 4.42. The minimum Gasteiger partial charge on any atom is -0.337 e. The summed E-state index contributed by atoms with van der Waals surface area (Å²) in [6.07, 6.45) is 2.32. The minimum absolute atomic E-state index is 0.0562. The molecule has 0 atom stereocenters. The summed E-state index contributed by atoms with van der Waals surface area (Å²) in [6, 6.07) is 10.7. The Morgan fingerprint density at radius 3 is 2.77 bits per heavy atom. The van der Waals surface area contributed by atoms with Crippen LogP contribution in [-0.4, -0.2) is 26.7 Å². The lowest BCUT2D eigenvalue weighted by Crippen LogP contribution is -2.40. The molecule has 132 valence electrons. The summed E-state index contributed by atoms with van der Waals surface area (Å²) < 4.78 is 1.43. The molecule has 4 rings (SSSR count). The summed E-state index contributed by atoms with van der Waals surface area (Å²) in [5, 5.41) is 1.03. The van der Waals surface area contributed by atoms with E-state index in [-0.39, 0.29) is 24.4 Å². The predicted octanol–water partition coefficient (Wildman–Crippen LogP) is 3.13. The molecule has 0 bridgehead atoms. The molecule has 0 radical (unpaired) electrons. The van der Waals surface area contributed by atoms with Crippen LogP contribution in [0.4, 0.5) is 0 Å². The maximum atomic E-state index is 12.8. The highest BCUT2D eigenvalue weighted by molar-refractivity contribution is 6.31. The minimum atomic E-state index is -0.178. The van der Waals surface area contributed by atoms with Crippen LogP contribution in [-0.2, 0) is 24.2 Å². The summed E-state index contributed by atoms with van der Waals surface area (Å²) in [5.74, 6) is -0.0562. The number of pyridine rings is 1. The highest BCUT2D eigenvalue weighted by Gasteiger charge is 2.25. The molecule has 26 heavy (non-hydrogen) atoms. The van der Waals surface area contributed by atoms with Gasteiger partial charge in [-0.3, -0.25) is 14.0 Å². The van der Waals surface area contributed by atoms with Crippen molar-refractivity contribution in [2.24, 2.45) is 0 Å². The van der Waals surface area contributed by atoms with Gasteiger partial charge in [0.05, 0.1) is 29.2 Å². The van der Waals surface area contributed by atoms with Gasteiger partial charge in [0.2, 0.25) is 5.91 Å². The van der Waals surface area contributed by atoms with Crippen molar-refractivity contribution >= 4 is 34.8 Å². The van der Waals surface area contributed by atoms with Crippen LogP contribution < -0.4 is 5.56 Å². The summed E-state index contributed by atoms with van der Waals surface area (Å²) in [5.41, 5.74) is 2.46. The van der Waals surface area contributed by atoms with Gasteiger partial charge in [0.15, 0.2) is 0 Å². The molecule has 7 heteroatoms. The smallest absolute Gasteiger partial charge is 0.263 e. The van der Waals surface area contributed by atoms with Gasteiger partial charge in [0.25, 0.3) is 5.56 Å². The van der Waals surface area contributed by atoms with E-state index in [0.717, 1.165) is 11.3 Å². The lowest BCUT2D eigenvalue weighted by atomic mass is 10.1. The Bertz CT molecular complexity index is 1080. The van der Waals surface area contributed by atoms with Crippen LogP contribution in [0.2, 0.25) is 10.0 Å². The summed E-state index contributed by atoms with van der Waals surface area (Å²) in [7, 11) is 0. The van der Waals surface area contributed by atoms with E-state index in [4.69, 9.17) is 23.2 Å². The largest absolute Gasteiger partial charge is 0.337 e. The molecule has 0 unspecified atom stereocenters. The number of nitrogens with zero attached hydrogens (tertiary/aromatic N) is 3. The van der Waals surface area contributed by atoms with Gasteiger partial charge in [0.1, 0.15) is 5.65 Å². The Morgan fingerprint density at radius 1 is 1.15 bits per heavy atom. The predicted molar refractivity (Wildman–Crippen MR) is 101 cm³/mol. The number of carbonyl (C=O) groups excluding carboxylic acids is 1. The molecule has 0 saturated carbocycles. The van der Waals surface area contributed by atoms with Crippen LogP contribution in [0.1, 0.15) is 16.8 Å². The quantitative estimate of drug-likeness (QED) is 0.678. The maximum Gasteiger partial charge on any atom is 0.263 e. The second-order valence-corrected chi connectivity index (χ2v) is 7.09. The van der Waals surface area contributed by atoms with Crippen LogP contribution in [0.5, 0.6) is 0 Å². The molecule has 0 N–H and O–H groups in total. The van der Waals surface area contributed by atoms with Crippen molar-refractivity contribution in [2.75, 3.05) is 6.54 Å². The second-order valence-electron chi connectivity index (χ2n) is 6.25. The topological polar surface area (TPSA) is 54.7 Å². The molecule has 5 nitrogen and oxygen atoms in total. The van der Waals surface area contributed by atoms with E-state index >= 15 is 0 Å². The number of aromatic nitrogens is 2. The van der Waals surface area contributed by atoms with E-state index in [9.17, 15) is 9.59 Å². The van der Waals surface area contributed by atoms with E-state index in [2.05, 4.69) is 4.98 Å². The van der Waals surface area contributed by atoms with Gasteiger partial charge in [0, 0.05) is 24.2 Å². The van der Waals surface area contributed by atoms with Crippen molar-refractivity contribution in [3.8, 4) is 0 Å². The van der Waals surface area contributed by atoms with Gasteiger partial charge in [-0.2, -0.15) is 0 Å². The van der Waals surface area contributed by atoms with Crippen LogP contribution in [0.3, 0.4) is 0 Å². The normalized spacial score (nSPS) is 13.7. The first-order valence-corrected chi connectivity index (χ1v) is 8.99. The Hall–Kier alpha value is -2.37. The van der Waals surface area contributed by atoms with Crippen molar-refractivity contribution < 1.29 is 4.79 Å². The van der Waals surface area contributed by atoms with Crippen molar-refractivity contribution in [2.45, 2.75) is 19.4 Å². The lowest BCUT2D eigenvalue weighted by molar-refractivity contribution is -0.131. The standard InChI is InChI=1S/C19H15Cl2N3O2/c20-13-5-6-17-22-16-7-8-23(11-14(16)19(26)24(17)10-13)18(25)9-12-3-1-2-4-15(12)21/h1-6,10H,7-9,11H2. The molecule has 0 aliphatic carbocycles. The molecule has 1 aromatic carbocycles. The molecular weight excluding hydrogens is 373 g/mol. The monoisotopic (exact) mass is 387 g/mol. The van der Waals surface area contributed by atoms with Crippen molar-refractivity contribution in [1.29, 1.82) is 0 Å². The number of halogens is 2. The van der Waals surface area contributed by atoms with Crippen molar-refractivity contribution in [3.05, 3.63) is 79.8 Å². The van der Waals surface area contributed by atoms with E-state index in [1.807, 2.05) is 18.2 Å². The number of hydrogen-bond donors (Lipinski definition) is 0. The van der Waals surface area contributed by atoms with Gasteiger partial charge in [-0.25, -0.2) is 4.98 Å². The molecule has 3 heterocycles. The van der Waals surface area contributed by atoms with E-state index in [1.54, 1.807) is 29.3 Å². The van der Waals surface area contributed by atoms with E-state index in [1.165, 1.54) is 4.40 Å². The number of amides is 1. The van der Waals surface area contributed by atoms with Crippen LogP contribution in [0.15, 0.2) is 47.4 Å². The van der Waals surface area contributed by atoms with Crippen LogP contribution in [0, 0.1) is 0 Å². The van der Waals surface area contributed by atoms with Gasteiger partial charge in [-0.05, 0) is 23.8 Å². The van der Waals surface area contributed by atoms with Gasteiger partial charge < -0.3 is 4.90 Å². The molecule has 1 amide bonds. The first-order chi connectivity index (χ1) is 12.5. The number of carbonyl (C=O) groups is 1. The fourth-order valence-corrected chi connectivity index (χ4v) is 3.56. The third-order valence-electron chi connectivity index (χ3n) is 4.59. The molecular formula is C19H15Cl2N3O2. The van der Waals surface area contributed by atoms with Gasteiger partial charge >= 0.3 is 0 Å². The first kappa shape index (κ1) is 17.1. The van der Waals surface area contributed by atoms with Crippen LogP contribution in [0.25, 0.3) is 5.65 Å². The second kappa shape index (κ2) is 6.74. The summed E-state index contributed by atoms with van der Waals surface area (Å²) >= 11 is 12.1. The molecule has 1 aliphatic heterocycles. The third-order valence-corrected chi connectivity index (χ3v) is 5.18. The average molecular weight is 388 g/mol. The Balaban J connectivity index is 1.64. The molecule has 2 aromatic heterocycles. The Labute approximate surface area is 159 Å². The fourth-order valence-electron chi connectivity index (χ4n) is 3.20. The summed E-state index contributed by atoms with van der Waals surface area (Å²) in [6.45, 7) is 0.784. The molecule has 0 fully saturated rings. The van der Waals surface area contributed by atoms with E-state index in [0.29, 0.717) is 34.2 Å². The zero-order chi connectivity index (χ0) is 18.3. The summed E-state index contributed by atoms with van der Waals surface area (Å²) in [4.78, 5) is 31.7. The SMILES string of the molecule is O=C(Cc1ccccc1Cl)N1CCc2nc3ccc(Cl)cn3c(=O)c2C1. The van der Waals surface area contributed by atoms with Gasteiger partial charge in [-0.1, -0.05) is 41.4 Å². The average Bonchev–Trinajstić information content (AvgIpc) is 2.64. The number of fused-ring (bicyclic) bond motifs is 2. The zero-order valence-corrected chi connectivity index (χ0v) is 15.3. The molecule has 0 saturated heterocycles. The lowest BCUT2D eigenvalue weighted by Gasteiger charge is -2.28. The fraction of sp³-hybridized carbons (Fsp3) is 0.211. The highest BCUT2D eigenvalue weighted by Crippen LogP contribution is 2.20. The van der Waals surface area contributed by atoms with E-state index < -0.39 is 0 Å². The number of hydrogen-bond acceptors (Lipinski definition) is 3. The maximum absolute atomic E-state index is 12.8. The van der Waals surface area contributed by atoms with Crippen molar-refractivity contribution in [1.82, 2.24) is 14.3 Å². The highest BCUT2D eigenvalue weighted by atomic mass is 35.5. The first-order valence-electron chi connectivity index (χ1n) is 8.24. The number of rotatable bonds is 2. The zero-order valence-electron chi connectivity index (χ0n) is 13.8. The number of benzene rings is 1.